The quantitative estimate of drug-likeness (QED) is 0.740. The van der Waals surface area contributed by atoms with Gasteiger partial charge in [-0.1, -0.05) is 48.0 Å². The van der Waals surface area contributed by atoms with Gasteiger partial charge in [0.05, 0.1) is 10.9 Å². The molecule has 0 aliphatic heterocycles. The van der Waals surface area contributed by atoms with E-state index in [1.165, 1.54) is 6.07 Å². The number of hydrogen-bond donors (Lipinski definition) is 1. The van der Waals surface area contributed by atoms with Crippen molar-refractivity contribution < 1.29 is 9.18 Å². The van der Waals surface area contributed by atoms with E-state index >= 15 is 0 Å². The van der Waals surface area contributed by atoms with Crippen LogP contribution in [0.1, 0.15) is 17.0 Å². The molecule has 0 bridgehead atoms. The summed E-state index contributed by atoms with van der Waals surface area (Å²) in [5, 5.41) is 0.0576. The van der Waals surface area contributed by atoms with Crippen LogP contribution in [0.5, 0.6) is 0 Å². The van der Waals surface area contributed by atoms with Gasteiger partial charge in [0.25, 0.3) is 0 Å². The van der Waals surface area contributed by atoms with Crippen molar-refractivity contribution in [2.75, 3.05) is 0 Å². The van der Waals surface area contributed by atoms with Crippen molar-refractivity contribution in [2.45, 2.75) is 12.3 Å². The topological polar surface area (TPSA) is 56.0 Å². The highest BCUT2D eigenvalue weighted by Crippen LogP contribution is 2.27. The van der Waals surface area contributed by atoms with Gasteiger partial charge in [0.1, 0.15) is 5.82 Å². The second-order valence-electron chi connectivity index (χ2n) is 5.78. The predicted octanol–water partition coefficient (Wildman–Crippen LogP) is 4.35. The summed E-state index contributed by atoms with van der Waals surface area (Å²) >= 11 is 5.85. The zero-order chi connectivity index (χ0) is 17.8. The number of rotatable bonds is 5. The number of primary amides is 1. The molecule has 0 saturated heterocycles. The Kier molecular flexibility index (Phi) is 5.10. The van der Waals surface area contributed by atoms with Crippen LogP contribution in [0.15, 0.2) is 67.0 Å². The summed E-state index contributed by atoms with van der Waals surface area (Å²) in [5.41, 5.74) is 8.88. The third-order valence-electron chi connectivity index (χ3n) is 4.03. The average Bonchev–Trinajstić information content (AvgIpc) is 2.63. The van der Waals surface area contributed by atoms with Gasteiger partial charge in [0, 0.05) is 18.0 Å². The molecular weight excluding hydrogens is 339 g/mol. The molecule has 3 aromatic rings. The SMILES string of the molecule is NC(=O)C(Cc1cncc(-c2ccc(F)c(Cl)c2)c1)c1ccccc1. The molecule has 0 aliphatic rings. The molecule has 126 valence electrons. The van der Waals surface area contributed by atoms with Crippen molar-refractivity contribution in [3.8, 4) is 11.1 Å². The minimum atomic E-state index is -0.465. The van der Waals surface area contributed by atoms with Crippen LogP contribution >= 0.6 is 11.6 Å². The van der Waals surface area contributed by atoms with E-state index in [9.17, 15) is 9.18 Å². The molecule has 3 rings (SSSR count). The Bertz CT molecular complexity index is 899. The number of carbonyl (C=O) groups is 1. The molecule has 25 heavy (non-hydrogen) atoms. The van der Waals surface area contributed by atoms with E-state index in [0.29, 0.717) is 6.42 Å². The summed E-state index contributed by atoms with van der Waals surface area (Å²) in [7, 11) is 0. The van der Waals surface area contributed by atoms with Crippen molar-refractivity contribution in [3.05, 3.63) is 89.0 Å². The first kappa shape index (κ1) is 17.1. The van der Waals surface area contributed by atoms with E-state index < -0.39 is 11.7 Å². The monoisotopic (exact) mass is 354 g/mol. The first-order chi connectivity index (χ1) is 12.0. The normalized spacial score (nSPS) is 11.9. The van der Waals surface area contributed by atoms with E-state index in [4.69, 9.17) is 17.3 Å². The van der Waals surface area contributed by atoms with Crippen molar-refractivity contribution in [2.24, 2.45) is 5.73 Å². The molecule has 2 N–H and O–H groups in total. The summed E-state index contributed by atoms with van der Waals surface area (Å²) in [6.45, 7) is 0. The second kappa shape index (κ2) is 7.45. The standard InChI is InChI=1S/C20H16ClFN2O/c21-18-10-15(6-7-19(18)22)16-8-13(11-24-12-16)9-17(20(23)25)14-4-2-1-3-5-14/h1-8,10-12,17H,9H2,(H2,23,25). The van der Waals surface area contributed by atoms with Crippen LogP contribution in [-0.4, -0.2) is 10.9 Å². The lowest BCUT2D eigenvalue weighted by molar-refractivity contribution is -0.119. The molecule has 0 saturated carbocycles. The van der Waals surface area contributed by atoms with Crippen molar-refractivity contribution in [3.63, 3.8) is 0 Å². The largest absolute Gasteiger partial charge is 0.369 e. The number of carbonyl (C=O) groups excluding carboxylic acids is 1. The molecule has 0 spiro atoms. The van der Waals surface area contributed by atoms with Gasteiger partial charge < -0.3 is 5.73 Å². The summed E-state index contributed by atoms with van der Waals surface area (Å²) in [4.78, 5) is 16.1. The Labute approximate surface area is 150 Å². The molecule has 0 aliphatic carbocycles. The lowest BCUT2D eigenvalue weighted by Gasteiger charge is -2.14. The maximum atomic E-state index is 13.3. The number of amides is 1. The summed E-state index contributed by atoms with van der Waals surface area (Å²) in [5.74, 6) is -1.29. The van der Waals surface area contributed by atoms with Crippen LogP contribution < -0.4 is 5.73 Å². The molecular formula is C20H16ClFN2O. The predicted molar refractivity (Wildman–Crippen MR) is 96.7 cm³/mol. The molecule has 5 heteroatoms. The molecule has 1 atom stereocenters. The third-order valence-corrected chi connectivity index (χ3v) is 4.32. The van der Waals surface area contributed by atoms with Crippen LogP contribution in [0.4, 0.5) is 4.39 Å². The van der Waals surface area contributed by atoms with Gasteiger partial charge in [-0.3, -0.25) is 9.78 Å². The number of nitrogens with zero attached hydrogens (tertiary/aromatic N) is 1. The number of halogens is 2. The zero-order valence-corrected chi connectivity index (χ0v) is 14.1. The minimum Gasteiger partial charge on any atom is -0.369 e. The number of hydrogen-bond acceptors (Lipinski definition) is 2. The Morgan fingerprint density at radius 3 is 2.52 bits per heavy atom. The van der Waals surface area contributed by atoms with E-state index in [1.54, 1.807) is 24.5 Å². The number of aromatic nitrogens is 1. The summed E-state index contributed by atoms with van der Waals surface area (Å²) < 4.78 is 13.3. The first-order valence-electron chi connectivity index (χ1n) is 7.78. The maximum Gasteiger partial charge on any atom is 0.225 e. The average molecular weight is 355 g/mol. The molecule has 3 nitrogen and oxygen atoms in total. The smallest absolute Gasteiger partial charge is 0.225 e. The molecule has 1 unspecified atom stereocenters. The Hall–Kier alpha value is -2.72. The van der Waals surface area contributed by atoms with E-state index in [-0.39, 0.29) is 10.9 Å². The lowest BCUT2D eigenvalue weighted by atomic mass is 9.91. The summed E-state index contributed by atoms with van der Waals surface area (Å²) in [6, 6.07) is 15.8. The van der Waals surface area contributed by atoms with E-state index in [1.807, 2.05) is 36.4 Å². The molecule has 2 aromatic carbocycles. The van der Waals surface area contributed by atoms with Crippen molar-refractivity contribution >= 4 is 17.5 Å². The Morgan fingerprint density at radius 2 is 1.84 bits per heavy atom. The first-order valence-corrected chi connectivity index (χ1v) is 8.16. The van der Waals surface area contributed by atoms with Crippen LogP contribution in [0.25, 0.3) is 11.1 Å². The number of nitrogens with two attached hydrogens (primary N) is 1. The van der Waals surface area contributed by atoms with Gasteiger partial charge in [0.2, 0.25) is 5.91 Å². The number of pyridine rings is 1. The fourth-order valence-electron chi connectivity index (χ4n) is 2.74. The van der Waals surface area contributed by atoms with Gasteiger partial charge >= 0.3 is 0 Å². The van der Waals surface area contributed by atoms with Gasteiger partial charge in [-0.2, -0.15) is 0 Å². The molecule has 0 radical (unpaired) electrons. The van der Waals surface area contributed by atoms with Gasteiger partial charge in [-0.15, -0.1) is 0 Å². The molecule has 1 heterocycles. The Balaban J connectivity index is 1.90. The second-order valence-corrected chi connectivity index (χ2v) is 6.19. The Morgan fingerprint density at radius 1 is 1.08 bits per heavy atom. The van der Waals surface area contributed by atoms with Crippen LogP contribution in [0, 0.1) is 5.82 Å². The van der Waals surface area contributed by atoms with Crippen LogP contribution in [0.2, 0.25) is 5.02 Å². The van der Waals surface area contributed by atoms with Crippen LogP contribution in [-0.2, 0) is 11.2 Å². The fourth-order valence-corrected chi connectivity index (χ4v) is 2.92. The lowest BCUT2D eigenvalue weighted by Crippen LogP contribution is -2.23. The van der Waals surface area contributed by atoms with Gasteiger partial charge in [-0.25, -0.2) is 4.39 Å². The highest BCUT2D eigenvalue weighted by molar-refractivity contribution is 6.31. The highest BCUT2D eigenvalue weighted by atomic mass is 35.5. The van der Waals surface area contributed by atoms with E-state index in [0.717, 1.165) is 22.3 Å². The summed E-state index contributed by atoms with van der Waals surface area (Å²) in [6.07, 6.45) is 3.82. The maximum absolute atomic E-state index is 13.3. The number of benzene rings is 2. The molecule has 1 aromatic heterocycles. The highest BCUT2D eigenvalue weighted by Gasteiger charge is 2.18. The van der Waals surface area contributed by atoms with Gasteiger partial charge in [-0.05, 0) is 41.3 Å². The fraction of sp³-hybridized carbons (Fsp3) is 0.100. The van der Waals surface area contributed by atoms with Crippen molar-refractivity contribution in [1.29, 1.82) is 0 Å². The molecule has 0 fully saturated rings. The molecule has 1 amide bonds. The third kappa shape index (κ3) is 4.03. The van der Waals surface area contributed by atoms with E-state index in [2.05, 4.69) is 4.98 Å². The minimum absolute atomic E-state index is 0.0576. The zero-order valence-electron chi connectivity index (χ0n) is 13.3. The van der Waals surface area contributed by atoms with Gasteiger partial charge in [0.15, 0.2) is 0 Å². The van der Waals surface area contributed by atoms with Crippen LogP contribution in [0.3, 0.4) is 0 Å². The van der Waals surface area contributed by atoms with Crippen molar-refractivity contribution in [1.82, 2.24) is 4.98 Å².